The van der Waals surface area contributed by atoms with Crippen molar-refractivity contribution in [1.29, 1.82) is 0 Å². The summed E-state index contributed by atoms with van der Waals surface area (Å²) in [4.78, 5) is 29.0. The van der Waals surface area contributed by atoms with E-state index in [1.165, 1.54) is 5.56 Å². The predicted molar refractivity (Wildman–Crippen MR) is 117 cm³/mol. The number of anilines is 1. The van der Waals surface area contributed by atoms with Crippen molar-refractivity contribution in [3.8, 4) is 0 Å². The number of aryl methyl sites for hydroxylation is 1. The smallest absolute Gasteiger partial charge is 0.241 e. The average molecular weight is 394 g/mol. The molecule has 0 unspecified atom stereocenters. The van der Waals surface area contributed by atoms with Crippen molar-refractivity contribution in [1.82, 2.24) is 10.2 Å². The Labute approximate surface area is 173 Å². The molecule has 2 aromatic carbocycles. The molecule has 1 aliphatic heterocycles. The van der Waals surface area contributed by atoms with E-state index in [4.69, 9.17) is 0 Å². The number of likely N-dealkylation sites (tertiary alicyclic amines) is 1. The molecule has 0 spiro atoms. The summed E-state index contributed by atoms with van der Waals surface area (Å²) in [5.74, 6) is 0.244. The first-order chi connectivity index (χ1) is 14.2. The van der Waals surface area contributed by atoms with E-state index in [1.807, 2.05) is 60.4 Å². The van der Waals surface area contributed by atoms with Crippen LogP contribution >= 0.6 is 0 Å². The highest BCUT2D eigenvalue weighted by Crippen LogP contribution is 2.15. The van der Waals surface area contributed by atoms with Crippen LogP contribution in [0.5, 0.6) is 0 Å². The summed E-state index contributed by atoms with van der Waals surface area (Å²) < 4.78 is 0. The molecule has 0 bridgehead atoms. The van der Waals surface area contributed by atoms with Gasteiger partial charge in [0.15, 0.2) is 0 Å². The van der Waals surface area contributed by atoms with Crippen molar-refractivity contribution in [3.63, 3.8) is 0 Å². The number of piperidine rings is 1. The maximum atomic E-state index is 12.7. The van der Waals surface area contributed by atoms with Crippen molar-refractivity contribution in [3.05, 3.63) is 66.2 Å². The number of benzene rings is 2. The quantitative estimate of drug-likeness (QED) is 0.749. The van der Waals surface area contributed by atoms with Crippen LogP contribution in [0.1, 0.15) is 31.7 Å². The Kier molecular flexibility index (Phi) is 7.82. The molecular weight excluding hydrogens is 362 g/mol. The molecule has 0 atom stereocenters. The van der Waals surface area contributed by atoms with Crippen LogP contribution in [0.3, 0.4) is 0 Å². The van der Waals surface area contributed by atoms with Gasteiger partial charge in [-0.1, -0.05) is 48.5 Å². The third-order valence-electron chi connectivity index (χ3n) is 5.48. The first kappa shape index (κ1) is 21.1. The van der Waals surface area contributed by atoms with Gasteiger partial charge in [0.05, 0.1) is 6.54 Å². The van der Waals surface area contributed by atoms with Gasteiger partial charge in [0.25, 0.3) is 0 Å². The van der Waals surface area contributed by atoms with Crippen LogP contribution in [0.15, 0.2) is 60.7 Å². The zero-order valence-corrected chi connectivity index (χ0v) is 17.2. The lowest BCUT2D eigenvalue weighted by Gasteiger charge is -2.33. The van der Waals surface area contributed by atoms with E-state index in [1.54, 1.807) is 0 Å². The molecule has 0 aliphatic carbocycles. The highest BCUT2D eigenvalue weighted by molar-refractivity contribution is 5.94. The molecule has 2 amide bonds. The van der Waals surface area contributed by atoms with Crippen molar-refractivity contribution < 1.29 is 9.59 Å². The first-order valence-electron chi connectivity index (χ1n) is 10.6. The highest BCUT2D eigenvalue weighted by Gasteiger charge is 2.24. The number of hydrogen-bond donors (Lipinski definition) is 1. The number of nitrogens with zero attached hydrogens (tertiary/aromatic N) is 2. The third-order valence-corrected chi connectivity index (χ3v) is 5.48. The van der Waals surface area contributed by atoms with Gasteiger partial charge in [-0.15, -0.1) is 0 Å². The average Bonchev–Trinajstić information content (AvgIpc) is 2.76. The number of carbonyl (C=O) groups is 2. The van der Waals surface area contributed by atoms with E-state index < -0.39 is 0 Å². The molecular formula is C24H31N3O2. The molecule has 1 fully saturated rings. The Morgan fingerprint density at radius 1 is 1.00 bits per heavy atom. The van der Waals surface area contributed by atoms with Crippen LogP contribution in [-0.4, -0.2) is 48.9 Å². The lowest BCUT2D eigenvalue weighted by Crippen LogP contribution is -2.48. The van der Waals surface area contributed by atoms with Crippen LogP contribution in [0.2, 0.25) is 0 Å². The summed E-state index contributed by atoms with van der Waals surface area (Å²) >= 11 is 0. The second-order valence-corrected chi connectivity index (χ2v) is 7.58. The Balaban J connectivity index is 1.39. The summed E-state index contributed by atoms with van der Waals surface area (Å²) in [6.07, 6.45) is 3.07. The van der Waals surface area contributed by atoms with Gasteiger partial charge >= 0.3 is 0 Å². The van der Waals surface area contributed by atoms with Gasteiger partial charge in [0.1, 0.15) is 0 Å². The number of likely N-dealkylation sites (N-methyl/N-ethyl adjacent to an activating group) is 1. The summed E-state index contributed by atoms with van der Waals surface area (Å²) in [5, 5.41) is 3.16. The minimum Gasteiger partial charge on any atom is -0.353 e. The Morgan fingerprint density at radius 3 is 2.24 bits per heavy atom. The van der Waals surface area contributed by atoms with Crippen LogP contribution in [0.4, 0.5) is 5.69 Å². The van der Waals surface area contributed by atoms with E-state index in [9.17, 15) is 9.59 Å². The van der Waals surface area contributed by atoms with E-state index in [0.717, 1.165) is 38.0 Å². The lowest BCUT2D eigenvalue weighted by atomic mass is 10.0. The van der Waals surface area contributed by atoms with Gasteiger partial charge in [0.2, 0.25) is 11.8 Å². The number of hydrogen-bond acceptors (Lipinski definition) is 3. The minimum absolute atomic E-state index is 0.115. The van der Waals surface area contributed by atoms with Crippen molar-refractivity contribution >= 4 is 17.5 Å². The van der Waals surface area contributed by atoms with Gasteiger partial charge < -0.3 is 10.2 Å². The van der Waals surface area contributed by atoms with E-state index in [-0.39, 0.29) is 17.9 Å². The number of para-hydroxylation sites is 1. The summed E-state index contributed by atoms with van der Waals surface area (Å²) in [5.41, 5.74) is 2.13. The number of rotatable bonds is 8. The summed E-state index contributed by atoms with van der Waals surface area (Å²) in [6.45, 7) is 4.76. The first-order valence-corrected chi connectivity index (χ1v) is 10.6. The van der Waals surface area contributed by atoms with E-state index in [2.05, 4.69) is 22.3 Å². The molecule has 5 nitrogen and oxygen atoms in total. The topological polar surface area (TPSA) is 52.7 Å². The van der Waals surface area contributed by atoms with Gasteiger partial charge in [-0.05, 0) is 43.9 Å². The molecule has 0 radical (unpaired) electrons. The van der Waals surface area contributed by atoms with Gasteiger partial charge in [-0.3, -0.25) is 14.5 Å². The standard InChI is InChI=1S/C24H31N3O2/c1-2-27(22-11-7-4-8-12-22)24(29)19-26-17-15-21(16-18-26)25-23(28)14-13-20-9-5-3-6-10-20/h3-12,21H,2,13-19H2,1H3,(H,25,28). The van der Waals surface area contributed by atoms with Crippen LogP contribution in [0, 0.1) is 0 Å². The molecule has 0 saturated carbocycles. The Bertz CT molecular complexity index is 771. The Hall–Kier alpha value is -2.66. The molecule has 1 saturated heterocycles. The molecule has 5 heteroatoms. The molecule has 1 N–H and O–H groups in total. The molecule has 1 heterocycles. The maximum absolute atomic E-state index is 12.7. The van der Waals surface area contributed by atoms with E-state index in [0.29, 0.717) is 19.5 Å². The van der Waals surface area contributed by atoms with Crippen molar-refractivity contribution in [2.24, 2.45) is 0 Å². The van der Waals surface area contributed by atoms with Crippen LogP contribution in [0.25, 0.3) is 0 Å². The minimum atomic E-state index is 0.115. The van der Waals surface area contributed by atoms with Crippen molar-refractivity contribution in [2.45, 2.75) is 38.6 Å². The van der Waals surface area contributed by atoms with Crippen molar-refractivity contribution in [2.75, 3.05) is 31.1 Å². The second-order valence-electron chi connectivity index (χ2n) is 7.58. The van der Waals surface area contributed by atoms with Gasteiger partial charge in [0, 0.05) is 37.8 Å². The maximum Gasteiger partial charge on any atom is 0.241 e. The molecule has 0 aromatic heterocycles. The number of nitrogens with one attached hydrogen (secondary N) is 1. The normalized spacial score (nSPS) is 15.1. The fraction of sp³-hybridized carbons (Fsp3) is 0.417. The van der Waals surface area contributed by atoms with Gasteiger partial charge in [-0.2, -0.15) is 0 Å². The van der Waals surface area contributed by atoms with Gasteiger partial charge in [-0.25, -0.2) is 0 Å². The molecule has 29 heavy (non-hydrogen) atoms. The molecule has 1 aliphatic rings. The number of amides is 2. The van der Waals surface area contributed by atoms with Crippen LogP contribution in [-0.2, 0) is 16.0 Å². The Morgan fingerprint density at radius 2 is 1.62 bits per heavy atom. The zero-order valence-electron chi connectivity index (χ0n) is 17.2. The SMILES string of the molecule is CCN(C(=O)CN1CCC(NC(=O)CCc2ccccc2)CC1)c1ccccc1. The summed E-state index contributed by atoms with van der Waals surface area (Å²) in [6, 6.07) is 20.1. The zero-order chi connectivity index (χ0) is 20.5. The molecule has 3 rings (SSSR count). The van der Waals surface area contributed by atoms with Crippen LogP contribution < -0.4 is 10.2 Å². The third kappa shape index (κ3) is 6.43. The largest absolute Gasteiger partial charge is 0.353 e. The molecule has 2 aromatic rings. The monoisotopic (exact) mass is 393 g/mol. The lowest BCUT2D eigenvalue weighted by molar-refractivity contribution is -0.123. The number of carbonyl (C=O) groups excluding carboxylic acids is 2. The fourth-order valence-corrected chi connectivity index (χ4v) is 3.83. The van der Waals surface area contributed by atoms with E-state index >= 15 is 0 Å². The molecule has 154 valence electrons. The summed E-state index contributed by atoms with van der Waals surface area (Å²) in [7, 11) is 0. The highest BCUT2D eigenvalue weighted by atomic mass is 16.2. The predicted octanol–water partition coefficient (Wildman–Crippen LogP) is 3.25. The second kappa shape index (κ2) is 10.8. The fourth-order valence-electron chi connectivity index (χ4n) is 3.83.